The Kier molecular flexibility index (Phi) is 3.38. The Hall–Kier alpha value is -0.0400. The molecule has 11 heavy (non-hydrogen) atoms. The van der Waals surface area contributed by atoms with Gasteiger partial charge in [-0.15, -0.1) is 0 Å². The van der Waals surface area contributed by atoms with Crippen molar-refractivity contribution in [2.24, 2.45) is 11.8 Å². The summed E-state index contributed by atoms with van der Waals surface area (Å²) in [6, 6.07) is 0. The van der Waals surface area contributed by atoms with Gasteiger partial charge in [0.05, 0.1) is 0 Å². The van der Waals surface area contributed by atoms with Crippen LogP contribution in [0.1, 0.15) is 26.7 Å². The first-order valence-corrected chi connectivity index (χ1v) is 4.74. The van der Waals surface area contributed by atoms with Crippen molar-refractivity contribution in [2.45, 2.75) is 26.7 Å². The maximum absolute atomic E-state index is 3.89. The molecule has 0 N–H and O–H groups in total. The molecule has 1 heterocycles. The third kappa shape index (κ3) is 2.82. The molecule has 0 aliphatic carbocycles. The van der Waals surface area contributed by atoms with E-state index in [9.17, 15) is 0 Å². The van der Waals surface area contributed by atoms with E-state index in [2.05, 4.69) is 25.7 Å². The number of hydrogen-bond donors (Lipinski definition) is 0. The van der Waals surface area contributed by atoms with Gasteiger partial charge in [0, 0.05) is 13.1 Å². The summed E-state index contributed by atoms with van der Waals surface area (Å²) in [6.45, 7) is 12.4. The number of nitrogens with zero attached hydrogens (tertiary/aromatic N) is 1. The average Bonchev–Trinajstić information content (AvgIpc) is 1.85. The Bertz CT molecular complexity index is 101. The normalized spacial score (nSPS) is 34.1. The largest absolute Gasteiger partial charge is 0.303 e. The van der Waals surface area contributed by atoms with Crippen LogP contribution in [0, 0.1) is 18.8 Å². The standard InChI is InChI=1S/C10H20N/c1-4-5-11-7-9(2)6-10(3)8-11/h9-10H,1,4-8H2,2-3H3. The summed E-state index contributed by atoms with van der Waals surface area (Å²) in [5.41, 5.74) is 0. The summed E-state index contributed by atoms with van der Waals surface area (Å²) in [6.07, 6.45) is 2.47. The molecule has 0 aromatic heterocycles. The van der Waals surface area contributed by atoms with Gasteiger partial charge in [-0.3, -0.25) is 0 Å². The number of piperidine rings is 1. The zero-order chi connectivity index (χ0) is 8.27. The molecule has 65 valence electrons. The quantitative estimate of drug-likeness (QED) is 0.589. The lowest BCUT2D eigenvalue weighted by Crippen LogP contribution is -2.38. The summed E-state index contributed by atoms with van der Waals surface area (Å²) in [7, 11) is 0. The molecule has 0 amide bonds. The molecule has 1 radical (unpaired) electrons. The van der Waals surface area contributed by atoms with E-state index in [1.165, 1.54) is 26.1 Å². The Balaban J connectivity index is 2.30. The lowest BCUT2D eigenvalue weighted by atomic mass is 9.92. The number of hydrogen-bond acceptors (Lipinski definition) is 1. The van der Waals surface area contributed by atoms with Crippen LogP contribution in [0.15, 0.2) is 0 Å². The van der Waals surface area contributed by atoms with Crippen molar-refractivity contribution in [3.63, 3.8) is 0 Å². The zero-order valence-corrected chi connectivity index (χ0v) is 7.84. The first-order valence-electron chi connectivity index (χ1n) is 4.74. The van der Waals surface area contributed by atoms with Crippen molar-refractivity contribution in [2.75, 3.05) is 19.6 Å². The molecule has 1 aliphatic rings. The fraction of sp³-hybridized carbons (Fsp3) is 0.900. The highest BCUT2D eigenvalue weighted by molar-refractivity contribution is 4.74. The highest BCUT2D eigenvalue weighted by Gasteiger charge is 2.20. The van der Waals surface area contributed by atoms with Crippen molar-refractivity contribution in [3.05, 3.63) is 6.92 Å². The molecule has 2 atom stereocenters. The molecule has 0 aromatic rings. The monoisotopic (exact) mass is 154 g/mol. The molecule has 1 rings (SSSR count). The zero-order valence-electron chi connectivity index (χ0n) is 7.84. The van der Waals surface area contributed by atoms with Crippen LogP contribution in [-0.4, -0.2) is 24.5 Å². The van der Waals surface area contributed by atoms with Crippen molar-refractivity contribution in [3.8, 4) is 0 Å². The molecule has 1 aliphatic heterocycles. The fourth-order valence-corrected chi connectivity index (χ4v) is 2.20. The van der Waals surface area contributed by atoms with Crippen LogP contribution in [-0.2, 0) is 0 Å². The van der Waals surface area contributed by atoms with Crippen LogP contribution in [0.4, 0.5) is 0 Å². The molecule has 1 nitrogen and oxygen atoms in total. The molecule has 1 saturated heterocycles. The van der Waals surface area contributed by atoms with Gasteiger partial charge < -0.3 is 4.90 Å². The van der Waals surface area contributed by atoms with E-state index in [0.717, 1.165) is 18.3 Å². The smallest absolute Gasteiger partial charge is 0.000724 e. The van der Waals surface area contributed by atoms with Gasteiger partial charge in [0.1, 0.15) is 0 Å². The van der Waals surface area contributed by atoms with E-state index in [0.29, 0.717) is 0 Å². The third-order valence-corrected chi connectivity index (χ3v) is 2.42. The van der Waals surface area contributed by atoms with E-state index >= 15 is 0 Å². The summed E-state index contributed by atoms with van der Waals surface area (Å²) in [5.74, 6) is 1.79. The van der Waals surface area contributed by atoms with E-state index in [1.54, 1.807) is 0 Å². The van der Waals surface area contributed by atoms with E-state index < -0.39 is 0 Å². The van der Waals surface area contributed by atoms with Crippen LogP contribution in [0.2, 0.25) is 0 Å². The molecule has 0 saturated carbocycles. The first kappa shape index (κ1) is 9.05. The molecule has 0 aromatic carbocycles. The topological polar surface area (TPSA) is 3.24 Å². The summed E-state index contributed by atoms with van der Waals surface area (Å²) >= 11 is 0. The Morgan fingerprint density at radius 2 is 1.82 bits per heavy atom. The Morgan fingerprint density at radius 3 is 2.27 bits per heavy atom. The molecule has 1 heteroatoms. The Labute approximate surface area is 70.8 Å². The van der Waals surface area contributed by atoms with E-state index in [-0.39, 0.29) is 0 Å². The average molecular weight is 154 g/mol. The van der Waals surface area contributed by atoms with Gasteiger partial charge >= 0.3 is 0 Å². The van der Waals surface area contributed by atoms with Gasteiger partial charge in [-0.05, 0) is 31.2 Å². The Morgan fingerprint density at radius 1 is 1.27 bits per heavy atom. The minimum absolute atomic E-state index is 0.894. The fourth-order valence-electron chi connectivity index (χ4n) is 2.20. The van der Waals surface area contributed by atoms with Crippen LogP contribution in [0.5, 0.6) is 0 Å². The molecule has 1 fully saturated rings. The van der Waals surface area contributed by atoms with Gasteiger partial charge in [-0.1, -0.05) is 20.8 Å². The molecule has 2 unspecified atom stereocenters. The SMILES string of the molecule is [CH2]CCN1CC(C)CC(C)C1. The van der Waals surface area contributed by atoms with Gasteiger partial charge in [0.25, 0.3) is 0 Å². The van der Waals surface area contributed by atoms with E-state index in [1.807, 2.05) is 0 Å². The second kappa shape index (κ2) is 4.10. The van der Waals surface area contributed by atoms with Crippen LogP contribution in [0.3, 0.4) is 0 Å². The van der Waals surface area contributed by atoms with Crippen molar-refractivity contribution in [1.82, 2.24) is 4.90 Å². The van der Waals surface area contributed by atoms with E-state index in [4.69, 9.17) is 0 Å². The maximum atomic E-state index is 3.89. The van der Waals surface area contributed by atoms with Crippen LogP contribution >= 0.6 is 0 Å². The van der Waals surface area contributed by atoms with Gasteiger partial charge in [-0.25, -0.2) is 0 Å². The third-order valence-electron chi connectivity index (χ3n) is 2.42. The molecule has 0 spiro atoms. The summed E-state index contributed by atoms with van der Waals surface area (Å²) < 4.78 is 0. The minimum atomic E-state index is 0.894. The lowest BCUT2D eigenvalue weighted by Gasteiger charge is -2.34. The van der Waals surface area contributed by atoms with Gasteiger partial charge in [0.15, 0.2) is 0 Å². The predicted molar refractivity (Wildman–Crippen MR) is 49.4 cm³/mol. The first-order chi connectivity index (χ1) is 5.22. The molecule has 0 bridgehead atoms. The van der Waals surface area contributed by atoms with Gasteiger partial charge in [-0.2, -0.15) is 0 Å². The van der Waals surface area contributed by atoms with Crippen molar-refractivity contribution in [1.29, 1.82) is 0 Å². The highest BCUT2D eigenvalue weighted by Crippen LogP contribution is 2.20. The minimum Gasteiger partial charge on any atom is -0.303 e. The summed E-state index contributed by atoms with van der Waals surface area (Å²) in [4.78, 5) is 2.55. The highest BCUT2D eigenvalue weighted by atomic mass is 15.1. The van der Waals surface area contributed by atoms with Crippen LogP contribution in [0.25, 0.3) is 0 Å². The van der Waals surface area contributed by atoms with Crippen LogP contribution < -0.4 is 0 Å². The van der Waals surface area contributed by atoms with Crippen molar-refractivity contribution >= 4 is 0 Å². The van der Waals surface area contributed by atoms with Crippen molar-refractivity contribution < 1.29 is 0 Å². The molecular weight excluding hydrogens is 134 g/mol. The summed E-state index contributed by atoms with van der Waals surface area (Å²) in [5, 5.41) is 0. The molecular formula is C10H20N. The lowest BCUT2D eigenvalue weighted by molar-refractivity contribution is 0.143. The maximum Gasteiger partial charge on any atom is 0.000724 e. The van der Waals surface area contributed by atoms with Gasteiger partial charge in [0.2, 0.25) is 0 Å². The number of rotatable bonds is 2. The predicted octanol–water partition coefficient (Wildman–Crippen LogP) is 2.19. The second-order valence-corrected chi connectivity index (χ2v) is 4.06. The number of likely N-dealkylation sites (tertiary alicyclic amines) is 1. The second-order valence-electron chi connectivity index (χ2n) is 4.06.